The van der Waals surface area contributed by atoms with Crippen molar-refractivity contribution in [1.29, 1.82) is 0 Å². The Labute approximate surface area is 137 Å². The molecule has 0 aromatic heterocycles. The fourth-order valence-electron chi connectivity index (χ4n) is 2.28. The minimum absolute atomic E-state index is 0.266. The van der Waals surface area contributed by atoms with Gasteiger partial charge < -0.3 is 10.6 Å². The minimum atomic E-state index is -0.266. The van der Waals surface area contributed by atoms with E-state index in [0.717, 1.165) is 18.7 Å². The Balaban J connectivity index is 1.87. The number of halogens is 3. The molecule has 0 bridgehead atoms. The first-order valence-electron chi connectivity index (χ1n) is 6.37. The molecule has 0 atom stereocenters. The molecule has 3 nitrogen and oxygen atoms in total. The monoisotopic (exact) mass is 340 g/mol. The minimum Gasteiger partial charge on any atom is -0.384 e. The van der Waals surface area contributed by atoms with E-state index in [1.54, 1.807) is 6.07 Å². The van der Waals surface area contributed by atoms with E-state index in [2.05, 4.69) is 10.6 Å². The highest BCUT2D eigenvalue weighted by Crippen LogP contribution is 2.34. The third-order valence-electron chi connectivity index (χ3n) is 3.33. The van der Waals surface area contributed by atoms with Crippen molar-refractivity contribution in [3.8, 4) is 0 Å². The van der Waals surface area contributed by atoms with Crippen LogP contribution in [-0.2, 0) is 6.42 Å². The van der Waals surface area contributed by atoms with Gasteiger partial charge in [0.05, 0.1) is 15.7 Å². The topological polar surface area (TPSA) is 41.1 Å². The molecule has 3 rings (SSSR count). The molecular formula is C15H11Cl3N2O. The second-order valence-electron chi connectivity index (χ2n) is 4.75. The average Bonchev–Trinajstić information content (AvgIpc) is 2.89. The zero-order chi connectivity index (χ0) is 15.0. The Kier molecular flexibility index (Phi) is 3.98. The van der Waals surface area contributed by atoms with Crippen molar-refractivity contribution in [2.24, 2.45) is 0 Å². The van der Waals surface area contributed by atoms with Crippen LogP contribution in [0.25, 0.3) is 0 Å². The number of amides is 1. The molecule has 0 unspecified atom stereocenters. The predicted molar refractivity (Wildman–Crippen MR) is 88.1 cm³/mol. The third kappa shape index (κ3) is 2.95. The van der Waals surface area contributed by atoms with Gasteiger partial charge in [-0.15, -0.1) is 0 Å². The molecule has 21 heavy (non-hydrogen) atoms. The zero-order valence-electron chi connectivity index (χ0n) is 10.8. The molecule has 1 amide bonds. The fourth-order valence-corrected chi connectivity index (χ4v) is 3.19. The van der Waals surface area contributed by atoms with Gasteiger partial charge in [0, 0.05) is 22.8 Å². The van der Waals surface area contributed by atoms with E-state index in [-0.39, 0.29) is 5.91 Å². The summed E-state index contributed by atoms with van der Waals surface area (Å²) in [5.74, 6) is -0.266. The van der Waals surface area contributed by atoms with Gasteiger partial charge in [-0.05, 0) is 36.2 Å². The summed E-state index contributed by atoms with van der Waals surface area (Å²) in [4.78, 5) is 12.3. The Morgan fingerprint density at radius 3 is 2.52 bits per heavy atom. The molecule has 2 N–H and O–H groups in total. The summed E-state index contributed by atoms with van der Waals surface area (Å²) in [7, 11) is 0. The average molecular weight is 342 g/mol. The van der Waals surface area contributed by atoms with Crippen molar-refractivity contribution in [2.45, 2.75) is 6.42 Å². The number of benzene rings is 2. The Bertz CT molecular complexity index is 708. The van der Waals surface area contributed by atoms with Crippen LogP contribution in [0.1, 0.15) is 15.9 Å². The van der Waals surface area contributed by atoms with Gasteiger partial charge in [-0.3, -0.25) is 4.79 Å². The maximum absolute atomic E-state index is 12.3. The molecule has 0 saturated carbocycles. The number of anilines is 2. The summed E-state index contributed by atoms with van der Waals surface area (Å²) in [5, 5.41) is 7.00. The summed E-state index contributed by atoms with van der Waals surface area (Å²) in [6.07, 6.45) is 0.978. The van der Waals surface area contributed by atoms with Crippen molar-refractivity contribution < 1.29 is 4.79 Å². The molecule has 0 saturated heterocycles. The van der Waals surface area contributed by atoms with Crippen molar-refractivity contribution in [3.63, 3.8) is 0 Å². The molecule has 1 aliphatic heterocycles. The van der Waals surface area contributed by atoms with Crippen LogP contribution in [0.2, 0.25) is 15.1 Å². The van der Waals surface area contributed by atoms with Crippen molar-refractivity contribution in [3.05, 3.63) is 56.5 Å². The summed E-state index contributed by atoms with van der Waals surface area (Å²) < 4.78 is 0. The summed E-state index contributed by atoms with van der Waals surface area (Å²) in [5.41, 5.74) is 3.12. The molecule has 108 valence electrons. The lowest BCUT2D eigenvalue weighted by molar-refractivity contribution is 0.102. The van der Waals surface area contributed by atoms with Gasteiger partial charge in [-0.1, -0.05) is 40.9 Å². The van der Waals surface area contributed by atoms with Gasteiger partial charge in [0.15, 0.2) is 0 Å². The van der Waals surface area contributed by atoms with Crippen LogP contribution in [0.15, 0.2) is 30.3 Å². The Morgan fingerprint density at radius 1 is 1.10 bits per heavy atom. The van der Waals surface area contributed by atoms with Gasteiger partial charge in [0.25, 0.3) is 5.91 Å². The quantitative estimate of drug-likeness (QED) is 0.818. The molecule has 0 radical (unpaired) electrons. The number of hydrogen-bond acceptors (Lipinski definition) is 2. The molecule has 1 aliphatic rings. The standard InChI is InChI=1S/C15H11Cl3N2O/c16-10-6-11(17)14(12(18)7-10)20-15(21)9-2-1-8-3-4-19-13(8)5-9/h1-2,5-7,19H,3-4H2,(H,20,21). The molecule has 0 spiro atoms. The maximum atomic E-state index is 12.3. The number of nitrogens with one attached hydrogen (secondary N) is 2. The maximum Gasteiger partial charge on any atom is 0.255 e. The summed E-state index contributed by atoms with van der Waals surface area (Å²) in [6, 6.07) is 8.65. The van der Waals surface area contributed by atoms with E-state index in [1.165, 1.54) is 17.7 Å². The molecule has 2 aromatic carbocycles. The number of hydrogen-bond donors (Lipinski definition) is 2. The van der Waals surface area contributed by atoms with Crippen LogP contribution in [0.4, 0.5) is 11.4 Å². The lowest BCUT2D eigenvalue weighted by atomic mass is 10.1. The van der Waals surface area contributed by atoms with Crippen LogP contribution in [0.3, 0.4) is 0 Å². The zero-order valence-corrected chi connectivity index (χ0v) is 13.1. The van der Waals surface area contributed by atoms with Crippen LogP contribution in [-0.4, -0.2) is 12.5 Å². The fraction of sp³-hybridized carbons (Fsp3) is 0.133. The number of carbonyl (C=O) groups excluding carboxylic acids is 1. The number of fused-ring (bicyclic) bond motifs is 1. The first-order valence-corrected chi connectivity index (χ1v) is 7.50. The van der Waals surface area contributed by atoms with E-state index in [0.29, 0.717) is 26.3 Å². The van der Waals surface area contributed by atoms with Crippen molar-refractivity contribution in [2.75, 3.05) is 17.2 Å². The van der Waals surface area contributed by atoms with Crippen molar-refractivity contribution >= 4 is 52.1 Å². The highest BCUT2D eigenvalue weighted by molar-refractivity contribution is 6.42. The highest BCUT2D eigenvalue weighted by Gasteiger charge is 2.16. The first kappa shape index (κ1) is 14.5. The lowest BCUT2D eigenvalue weighted by Crippen LogP contribution is -2.12. The van der Waals surface area contributed by atoms with Crippen LogP contribution < -0.4 is 10.6 Å². The first-order chi connectivity index (χ1) is 10.0. The van der Waals surface area contributed by atoms with Gasteiger partial charge in [-0.2, -0.15) is 0 Å². The number of rotatable bonds is 2. The van der Waals surface area contributed by atoms with Crippen LogP contribution >= 0.6 is 34.8 Å². The Morgan fingerprint density at radius 2 is 1.81 bits per heavy atom. The third-order valence-corrected chi connectivity index (χ3v) is 4.14. The van der Waals surface area contributed by atoms with E-state index in [1.807, 2.05) is 12.1 Å². The molecule has 0 fully saturated rings. The van der Waals surface area contributed by atoms with Crippen LogP contribution in [0, 0.1) is 0 Å². The van der Waals surface area contributed by atoms with E-state index >= 15 is 0 Å². The van der Waals surface area contributed by atoms with Gasteiger partial charge in [0.1, 0.15) is 0 Å². The summed E-state index contributed by atoms with van der Waals surface area (Å²) in [6.45, 7) is 0.898. The van der Waals surface area contributed by atoms with E-state index in [9.17, 15) is 4.79 Å². The van der Waals surface area contributed by atoms with Gasteiger partial charge >= 0.3 is 0 Å². The smallest absolute Gasteiger partial charge is 0.255 e. The second kappa shape index (κ2) is 5.76. The molecule has 6 heteroatoms. The summed E-state index contributed by atoms with van der Waals surface area (Å²) >= 11 is 18.0. The van der Waals surface area contributed by atoms with Crippen molar-refractivity contribution in [1.82, 2.24) is 0 Å². The predicted octanol–water partition coefficient (Wildman–Crippen LogP) is 4.87. The lowest BCUT2D eigenvalue weighted by Gasteiger charge is -2.10. The van der Waals surface area contributed by atoms with Gasteiger partial charge in [0.2, 0.25) is 0 Å². The Hall–Kier alpha value is -1.42. The number of carbonyl (C=O) groups is 1. The highest BCUT2D eigenvalue weighted by atomic mass is 35.5. The van der Waals surface area contributed by atoms with Gasteiger partial charge in [-0.25, -0.2) is 0 Å². The molecule has 0 aliphatic carbocycles. The molecule has 1 heterocycles. The SMILES string of the molecule is O=C(Nc1c(Cl)cc(Cl)cc1Cl)c1ccc2c(c1)NCC2. The largest absolute Gasteiger partial charge is 0.384 e. The molecular weight excluding hydrogens is 331 g/mol. The molecule has 2 aromatic rings. The van der Waals surface area contributed by atoms with Crippen LogP contribution in [0.5, 0.6) is 0 Å². The normalized spacial score (nSPS) is 12.7. The van der Waals surface area contributed by atoms with E-state index < -0.39 is 0 Å². The second-order valence-corrected chi connectivity index (χ2v) is 6.00. The van der Waals surface area contributed by atoms with E-state index in [4.69, 9.17) is 34.8 Å².